The number of rotatable bonds is 7. The van der Waals surface area contributed by atoms with Gasteiger partial charge < -0.3 is 4.57 Å². The van der Waals surface area contributed by atoms with Crippen LogP contribution in [0.2, 0.25) is 0 Å². The molecule has 0 radical (unpaired) electrons. The Morgan fingerprint density at radius 1 is 1.06 bits per heavy atom. The van der Waals surface area contributed by atoms with E-state index in [4.69, 9.17) is 0 Å². The van der Waals surface area contributed by atoms with E-state index in [2.05, 4.69) is 4.72 Å². The summed E-state index contributed by atoms with van der Waals surface area (Å²) >= 11 is 0. The smallest absolute Gasteiger partial charge is 0.341 e. The summed E-state index contributed by atoms with van der Waals surface area (Å²) in [6.45, 7) is -0.0278. The van der Waals surface area contributed by atoms with E-state index in [1.807, 2.05) is 0 Å². The van der Waals surface area contributed by atoms with Gasteiger partial charge in [0.25, 0.3) is 5.92 Å². The van der Waals surface area contributed by atoms with E-state index >= 15 is 0 Å². The number of fused-ring (bicyclic) bond motifs is 1. The number of halogens is 5. The molecule has 0 unspecified atom stereocenters. The first-order chi connectivity index (χ1) is 15.4. The summed E-state index contributed by atoms with van der Waals surface area (Å²) in [7, 11) is -3.52. The van der Waals surface area contributed by atoms with Gasteiger partial charge in [0.1, 0.15) is 0 Å². The van der Waals surface area contributed by atoms with Crippen LogP contribution in [0.3, 0.4) is 0 Å². The van der Waals surface area contributed by atoms with Gasteiger partial charge in [-0.05, 0) is 41.7 Å². The van der Waals surface area contributed by atoms with Crippen molar-refractivity contribution in [1.29, 1.82) is 0 Å². The standard InChI is InChI=1S/C23H23F5N2O2S/c1-22(24,25)14-30-13-16(12-29-33(31,32)17-5-4-6-17)19-10-9-15(11-21(19)30)18-7-2-3-8-20(18)23(26,27)28/h2-3,7-11,13,17,29H,4-6,12,14H2,1H3. The number of aromatic nitrogens is 1. The Balaban J connectivity index is 1.76. The number of sulfonamides is 1. The van der Waals surface area contributed by atoms with Crippen molar-refractivity contribution in [2.24, 2.45) is 0 Å². The molecule has 0 atom stereocenters. The molecule has 178 valence electrons. The lowest BCUT2D eigenvalue weighted by Crippen LogP contribution is -2.38. The Labute approximate surface area is 188 Å². The molecule has 0 amide bonds. The number of nitrogens with one attached hydrogen (secondary N) is 1. The first-order valence-corrected chi connectivity index (χ1v) is 12.0. The highest BCUT2D eigenvalue weighted by Gasteiger charge is 2.34. The average Bonchev–Trinajstić information content (AvgIpc) is 2.99. The van der Waals surface area contributed by atoms with E-state index in [-0.39, 0.29) is 17.7 Å². The van der Waals surface area contributed by atoms with Crippen LogP contribution < -0.4 is 4.72 Å². The van der Waals surface area contributed by atoms with Gasteiger partial charge in [0.15, 0.2) is 0 Å². The second-order valence-corrected chi connectivity index (χ2v) is 10.6. The SMILES string of the molecule is CC(F)(F)Cn1cc(CNS(=O)(=O)C2CCC2)c2ccc(-c3ccccc3C(F)(F)F)cc21. The van der Waals surface area contributed by atoms with Crippen molar-refractivity contribution in [3.05, 3.63) is 59.8 Å². The molecule has 4 rings (SSSR count). The second kappa shape index (κ2) is 8.39. The Kier molecular flexibility index (Phi) is 6.03. The van der Waals surface area contributed by atoms with Gasteiger partial charge in [-0.15, -0.1) is 0 Å². The molecule has 1 aromatic heterocycles. The molecule has 0 aliphatic heterocycles. The number of hydrogen-bond donors (Lipinski definition) is 1. The quantitative estimate of drug-likeness (QED) is 0.420. The third kappa shape index (κ3) is 5.06. The van der Waals surface area contributed by atoms with Gasteiger partial charge in [0, 0.05) is 30.6 Å². The van der Waals surface area contributed by atoms with Crippen LogP contribution in [-0.2, 0) is 29.3 Å². The zero-order valence-corrected chi connectivity index (χ0v) is 18.6. The molecule has 1 aliphatic rings. The van der Waals surface area contributed by atoms with Crippen LogP contribution in [0.25, 0.3) is 22.0 Å². The van der Waals surface area contributed by atoms with Crippen molar-refractivity contribution in [1.82, 2.24) is 9.29 Å². The van der Waals surface area contributed by atoms with E-state index in [1.165, 1.54) is 41.1 Å². The lowest BCUT2D eigenvalue weighted by atomic mass is 9.98. The van der Waals surface area contributed by atoms with Crippen molar-refractivity contribution < 1.29 is 30.4 Å². The third-order valence-corrected chi connectivity index (χ3v) is 7.81. The maximum absolute atomic E-state index is 13.8. The van der Waals surface area contributed by atoms with Crippen molar-refractivity contribution in [2.75, 3.05) is 0 Å². The molecule has 33 heavy (non-hydrogen) atoms. The molecule has 3 aromatic rings. The first-order valence-electron chi connectivity index (χ1n) is 10.5. The molecule has 10 heteroatoms. The normalized spacial score (nSPS) is 15.7. The fourth-order valence-electron chi connectivity index (χ4n) is 4.07. The van der Waals surface area contributed by atoms with E-state index in [1.54, 1.807) is 6.07 Å². The maximum Gasteiger partial charge on any atom is 0.417 e. The lowest BCUT2D eigenvalue weighted by molar-refractivity contribution is -0.137. The number of hydrogen-bond acceptors (Lipinski definition) is 2. The van der Waals surface area contributed by atoms with E-state index in [0.29, 0.717) is 29.3 Å². The number of benzene rings is 2. The molecule has 0 saturated heterocycles. The molecule has 4 nitrogen and oxygen atoms in total. The second-order valence-electron chi connectivity index (χ2n) is 8.55. The highest BCUT2D eigenvalue weighted by Crippen LogP contribution is 2.38. The summed E-state index contributed by atoms with van der Waals surface area (Å²) < 4.78 is 96.7. The van der Waals surface area contributed by atoms with Crippen molar-refractivity contribution in [2.45, 2.75) is 56.6 Å². The molecule has 1 heterocycles. The van der Waals surface area contributed by atoms with Crippen molar-refractivity contribution in [3.8, 4) is 11.1 Å². The Morgan fingerprint density at radius 2 is 1.76 bits per heavy atom. The van der Waals surface area contributed by atoms with Crippen LogP contribution in [0.1, 0.15) is 37.3 Å². The van der Waals surface area contributed by atoms with Crippen LogP contribution in [0.5, 0.6) is 0 Å². The molecule has 0 spiro atoms. The summed E-state index contributed by atoms with van der Waals surface area (Å²) in [5, 5.41) is 0.0556. The van der Waals surface area contributed by atoms with Crippen LogP contribution in [0.15, 0.2) is 48.7 Å². The monoisotopic (exact) mass is 486 g/mol. The molecule has 1 fully saturated rings. The fraction of sp³-hybridized carbons (Fsp3) is 0.391. The highest BCUT2D eigenvalue weighted by atomic mass is 32.2. The highest BCUT2D eigenvalue weighted by molar-refractivity contribution is 7.90. The fourth-order valence-corrected chi connectivity index (χ4v) is 5.61. The van der Waals surface area contributed by atoms with Gasteiger partial charge in [-0.25, -0.2) is 21.9 Å². The molecule has 0 bridgehead atoms. The Morgan fingerprint density at radius 3 is 2.36 bits per heavy atom. The molecule has 1 saturated carbocycles. The average molecular weight is 487 g/mol. The molecule has 2 aromatic carbocycles. The molecular weight excluding hydrogens is 463 g/mol. The number of alkyl halides is 5. The maximum atomic E-state index is 13.8. The van der Waals surface area contributed by atoms with Crippen LogP contribution in [-0.4, -0.2) is 24.2 Å². The summed E-state index contributed by atoms with van der Waals surface area (Å²) in [5.74, 6) is -3.07. The van der Waals surface area contributed by atoms with Gasteiger partial charge >= 0.3 is 6.18 Å². The summed E-state index contributed by atoms with van der Waals surface area (Å²) in [6.07, 6.45) is -1.12. The van der Waals surface area contributed by atoms with E-state index in [0.717, 1.165) is 19.4 Å². The van der Waals surface area contributed by atoms with Crippen molar-refractivity contribution >= 4 is 20.9 Å². The molecule has 1 N–H and O–H groups in total. The van der Waals surface area contributed by atoms with Crippen LogP contribution in [0.4, 0.5) is 22.0 Å². The lowest BCUT2D eigenvalue weighted by Gasteiger charge is -2.25. The zero-order chi connectivity index (χ0) is 24.0. The van der Waals surface area contributed by atoms with Crippen molar-refractivity contribution in [3.63, 3.8) is 0 Å². The minimum Gasteiger partial charge on any atom is -0.341 e. The van der Waals surface area contributed by atoms with Gasteiger partial charge in [0.2, 0.25) is 10.0 Å². The minimum atomic E-state index is -4.57. The van der Waals surface area contributed by atoms with Gasteiger partial charge in [-0.2, -0.15) is 13.2 Å². The predicted molar refractivity (Wildman–Crippen MR) is 116 cm³/mol. The summed E-state index contributed by atoms with van der Waals surface area (Å²) in [5.41, 5.74) is 0.138. The first kappa shape index (κ1) is 23.7. The van der Waals surface area contributed by atoms with Crippen LogP contribution in [0, 0.1) is 0 Å². The minimum absolute atomic E-state index is 0.0601. The molecular formula is C23H23F5N2O2S. The summed E-state index contributed by atoms with van der Waals surface area (Å²) in [4.78, 5) is 0. The topological polar surface area (TPSA) is 51.1 Å². The zero-order valence-electron chi connectivity index (χ0n) is 17.8. The largest absolute Gasteiger partial charge is 0.417 e. The third-order valence-electron chi connectivity index (χ3n) is 5.91. The Bertz CT molecular complexity index is 1270. The van der Waals surface area contributed by atoms with Gasteiger partial charge in [-0.1, -0.05) is 36.8 Å². The van der Waals surface area contributed by atoms with E-state index < -0.39 is 39.5 Å². The van der Waals surface area contributed by atoms with Crippen LogP contribution >= 0.6 is 0 Å². The Hall–Kier alpha value is -2.46. The number of nitrogens with zero attached hydrogens (tertiary/aromatic N) is 1. The van der Waals surface area contributed by atoms with Gasteiger partial charge in [-0.3, -0.25) is 0 Å². The predicted octanol–water partition coefficient (Wildman–Crippen LogP) is 5.95. The summed E-state index contributed by atoms with van der Waals surface area (Å²) in [6, 6.07) is 9.56. The van der Waals surface area contributed by atoms with Gasteiger partial charge in [0.05, 0.1) is 17.4 Å². The molecule has 1 aliphatic carbocycles. The van der Waals surface area contributed by atoms with E-state index in [9.17, 15) is 30.4 Å².